The molecule has 3 heterocycles. The van der Waals surface area contributed by atoms with Gasteiger partial charge in [0.25, 0.3) is 5.91 Å². The Labute approximate surface area is 151 Å². The van der Waals surface area contributed by atoms with Gasteiger partial charge in [0.05, 0.1) is 10.3 Å². The number of hydrogen-bond acceptors (Lipinski definition) is 6. The highest BCUT2D eigenvalue weighted by Gasteiger charge is 2.20. The summed E-state index contributed by atoms with van der Waals surface area (Å²) in [6.07, 6.45) is 7.77. The van der Waals surface area contributed by atoms with E-state index in [4.69, 9.17) is 4.98 Å². The first-order chi connectivity index (χ1) is 11.7. The van der Waals surface area contributed by atoms with Gasteiger partial charge < -0.3 is 10.2 Å². The van der Waals surface area contributed by atoms with Crippen LogP contribution in [0.1, 0.15) is 48.7 Å². The van der Waals surface area contributed by atoms with Crippen LogP contribution < -0.4 is 10.2 Å². The van der Waals surface area contributed by atoms with Crippen LogP contribution in [0.2, 0.25) is 0 Å². The lowest BCUT2D eigenvalue weighted by Gasteiger charge is -2.28. The second-order valence-corrected chi connectivity index (χ2v) is 7.82. The van der Waals surface area contributed by atoms with Crippen molar-refractivity contribution in [2.24, 2.45) is 0 Å². The van der Waals surface area contributed by atoms with Gasteiger partial charge in [-0.15, -0.1) is 11.3 Å². The van der Waals surface area contributed by atoms with E-state index in [2.05, 4.69) is 22.1 Å². The lowest BCUT2D eigenvalue weighted by molar-refractivity contribution is 0.0957. The summed E-state index contributed by atoms with van der Waals surface area (Å²) in [7, 11) is 0. The molecule has 3 rings (SSSR count). The van der Waals surface area contributed by atoms with Crippen molar-refractivity contribution >= 4 is 45.0 Å². The van der Waals surface area contributed by atoms with Crippen LogP contribution in [0, 0.1) is 0 Å². The molecule has 0 unspecified atom stereocenters. The van der Waals surface area contributed by atoms with Crippen LogP contribution in [0.15, 0.2) is 11.2 Å². The van der Waals surface area contributed by atoms with Gasteiger partial charge in [-0.2, -0.15) is 0 Å². The molecule has 5 nitrogen and oxygen atoms in total. The van der Waals surface area contributed by atoms with Crippen LogP contribution in [0.5, 0.6) is 0 Å². The molecule has 0 atom stereocenters. The number of thiophene rings is 1. The molecule has 2 aromatic rings. The number of unbranched alkanes of at least 4 members (excludes halogenated alkanes) is 1. The van der Waals surface area contributed by atoms with Gasteiger partial charge in [-0.1, -0.05) is 25.1 Å². The predicted molar refractivity (Wildman–Crippen MR) is 103 cm³/mol. The maximum absolute atomic E-state index is 12.4. The van der Waals surface area contributed by atoms with Crippen LogP contribution in [0.4, 0.5) is 5.82 Å². The van der Waals surface area contributed by atoms with E-state index in [9.17, 15) is 4.79 Å². The van der Waals surface area contributed by atoms with Gasteiger partial charge in [-0.3, -0.25) is 4.79 Å². The molecule has 130 valence electrons. The SMILES string of the molecule is CCCCNC(=O)c1cc2c(N3CCCCC3)nc(SC)nc2s1. The minimum atomic E-state index is 0.00162. The third kappa shape index (κ3) is 3.83. The highest BCUT2D eigenvalue weighted by Crippen LogP contribution is 2.33. The molecule has 1 amide bonds. The second kappa shape index (κ2) is 8.16. The van der Waals surface area contributed by atoms with Crippen molar-refractivity contribution in [3.63, 3.8) is 0 Å². The average molecular weight is 365 g/mol. The molecule has 0 saturated carbocycles. The number of rotatable bonds is 6. The second-order valence-electron chi connectivity index (χ2n) is 6.02. The number of nitrogens with one attached hydrogen (secondary N) is 1. The number of anilines is 1. The van der Waals surface area contributed by atoms with Gasteiger partial charge in [-0.05, 0) is 38.0 Å². The first kappa shape index (κ1) is 17.5. The number of piperidine rings is 1. The van der Waals surface area contributed by atoms with Crippen LogP contribution in [-0.4, -0.2) is 41.8 Å². The summed E-state index contributed by atoms with van der Waals surface area (Å²) in [6.45, 7) is 4.92. The standard InChI is InChI=1S/C17H24N4OS2/c1-3-4-8-18-15(22)13-11-12-14(21-9-6-5-7-10-21)19-17(23-2)20-16(12)24-13/h11H,3-10H2,1-2H3,(H,18,22). The fourth-order valence-corrected chi connectivity index (χ4v) is 4.26. The summed E-state index contributed by atoms with van der Waals surface area (Å²) in [5, 5.41) is 4.79. The molecule has 7 heteroatoms. The third-order valence-electron chi connectivity index (χ3n) is 4.23. The van der Waals surface area contributed by atoms with E-state index in [1.165, 1.54) is 30.6 Å². The van der Waals surface area contributed by atoms with E-state index in [1.54, 1.807) is 11.8 Å². The minimum absolute atomic E-state index is 0.00162. The molecule has 1 fully saturated rings. The number of amides is 1. The van der Waals surface area contributed by atoms with Crippen molar-refractivity contribution in [2.75, 3.05) is 30.8 Å². The van der Waals surface area contributed by atoms with Crippen LogP contribution >= 0.6 is 23.1 Å². The number of hydrogen-bond donors (Lipinski definition) is 1. The van der Waals surface area contributed by atoms with E-state index in [1.807, 2.05) is 12.3 Å². The molecule has 0 aromatic carbocycles. The van der Waals surface area contributed by atoms with Gasteiger partial charge in [0, 0.05) is 19.6 Å². The Balaban J connectivity index is 1.93. The summed E-state index contributed by atoms with van der Waals surface area (Å²) in [5.41, 5.74) is 0. The van der Waals surface area contributed by atoms with Crippen LogP contribution in [-0.2, 0) is 0 Å². The molecule has 1 saturated heterocycles. The maximum Gasteiger partial charge on any atom is 0.261 e. The molecule has 24 heavy (non-hydrogen) atoms. The molecule has 1 aliphatic heterocycles. The fraction of sp³-hybridized carbons (Fsp3) is 0.588. The maximum atomic E-state index is 12.4. The smallest absolute Gasteiger partial charge is 0.261 e. The number of thioether (sulfide) groups is 1. The largest absolute Gasteiger partial charge is 0.356 e. The zero-order valence-electron chi connectivity index (χ0n) is 14.3. The summed E-state index contributed by atoms with van der Waals surface area (Å²) < 4.78 is 0. The Bertz CT molecular complexity index is 710. The van der Waals surface area contributed by atoms with Crippen LogP contribution in [0.25, 0.3) is 10.2 Å². The van der Waals surface area contributed by atoms with Gasteiger partial charge in [0.2, 0.25) is 0 Å². The molecule has 0 bridgehead atoms. The van der Waals surface area contributed by atoms with Gasteiger partial charge in [0.1, 0.15) is 10.6 Å². The van der Waals surface area contributed by atoms with Gasteiger partial charge in [0.15, 0.2) is 5.16 Å². The summed E-state index contributed by atoms with van der Waals surface area (Å²) in [6, 6.07) is 1.97. The number of nitrogens with zero attached hydrogens (tertiary/aromatic N) is 3. The molecular formula is C17H24N4OS2. The van der Waals surface area contributed by atoms with Crippen molar-refractivity contribution in [1.29, 1.82) is 0 Å². The molecule has 2 aromatic heterocycles. The first-order valence-electron chi connectivity index (χ1n) is 8.61. The number of aromatic nitrogens is 2. The highest BCUT2D eigenvalue weighted by atomic mass is 32.2. The Kier molecular flexibility index (Phi) is 5.94. The lowest BCUT2D eigenvalue weighted by atomic mass is 10.1. The van der Waals surface area contributed by atoms with Crippen molar-refractivity contribution < 1.29 is 4.79 Å². The third-order valence-corrected chi connectivity index (χ3v) is 5.81. The fourth-order valence-electron chi connectivity index (χ4n) is 2.90. The molecule has 0 spiro atoms. The predicted octanol–water partition coefficient (Wildman–Crippen LogP) is 3.93. The van der Waals surface area contributed by atoms with Crippen LogP contribution in [0.3, 0.4) is 0 Å². The Morgan fingerprint density at radius 3 is 2.83 bits per heavy atom. The van der Waals surface area contributed by atoms with E-state index in [-0.39, 0.29) is 5.91 Å². The minimum Gasteiger partial charge on any atom is -0.356 e. The molecular weight excluding hydrogens is 340 g/mol. The average Bonchev–Trinajstić information content (AvgIpc) is 3.06. The van der Waals surface area contributed by atoms with Crippen molar-refractivity contribution in [2.45, 2.75) is 44.2 Å². The van der Waals surface area contributed by atoms with E-state index in [0.29, 0.717) is 0 Å². The Hall–Kier alpha value is -1.34. The Morgan fingerprint density at radius 1 is 1.33 bits per heavy atom. The van der Waals surface area contributed by atoms with Crippen molar-refractivity contribution in [1.82, 2.24) is 15.3 Å². The van der Waals surface area contributed by atoms with E-state index < -0.39 is 0 Å². The number of carbonyl (C=O) groups is 1. The number of fused-ring (bicyclic) bond motifs is 1. The molecule has 0 aliphatic carbocycles. The lowest BCUT2D eigenvalue weighted by Crippen LogP contribution is -2.30. The normalized spacial score (nSPS) is 15.0. The summed E-state index contributed by atoms with van der Waals surface area (Å²) in [5.74, 6) is 0.995. The monoisotopic (exact) mass is 364 g/mol. The first-order valence-corrected chi connectivity index (χ1v) is 10.7. The molecule has 1 aliphatic rings. The van der Waals surface area contributed by atoms with Crippen molar-refractivity contribution in [3.05, 3.63) is 10.9 Å². The Morgan fingerprint density at radius 2 is 2.12 bits per heavy atom. The molecule has 0 radical (unpaired) electrons. The van der Waals surface area contributed by atoms with Gasteiger partial charge >= 0.3 is 0 Å². The van der Waals surface area contributed by atoms with E-state index in [0.717, 1.165) is 58.5 Å². The summed E-state index contributed by atoms with van der Waals surface area (Å²) >= 11 is 3.02. The quantitative estimate of drug-likeness (QED) is 0.478. The zero-order chi connectivity index (χ0) is 16.9. The van der Waals surface area contributed by atoms with Gasteiger partial charge in [-0.25, -0.2) is 9.97 Å². The molecule has 1 N–H and O–H groups in total. The van der Waals surface area contributed by atoms with Crippen molar-refractivity contribution in [3.8, 4) is 0 Å². The zero-order valence-corrected chi connectivity index (χ0v) is 15.9. The van der Waals surface area contributed by atoms with E-state index >= 15 is 0 Å². The summed E-state index contributed by atoms with van der Waals surface area (Å²) in [4.78, 5) is 25.7. The number of carbonyl (C=O) groups excluding carboxylic acids is 1. The highest BCUT2D eigenvalue weighted by molar-refractivity contribution is 7.98. The topological polar surface area (TPSA) is 58.1 Å².